The first-order chi connectivity index (χ1) is 16.5. The second-order valence-corrected chi connectivity index (χ2v) is 10.5. The minimum Gasteiger partial charge on any atom is -0.396 e. The van der Waals surface area contributed by atoms with Gasteiger partial charge in [-0.15, -0.1) is 5.10 Å². The zero-order valence-electron chi connectivity index (χ0n) is 19.5. The molecular formula is C24H32N6O3S. The number of thioether (sulfide) groups is 1. The van der Waals surface area contributed by atoms with Gasteiger partial charge in [0.15, 0.2) is 22.1 Å². The van der Waals surface area contributed by atoms with Crippen LogP contribution in [0.25, 0.3) is 11.2 Å². The van der Waals surface area contributed by atoms with E-state index in [0.717, 1.165) is 18.6 Å². The molecule has 2 fully saturated rings. The van der Waals surface area contributed by atoms with Gasteiger partial charge in [-0.1, -0.05) is 48.2 Å². The monoisotopic (exact) mass is 484 g/mol. The Hall–Kier alpha value is -2.27. The average molecular weight is 485 g/mol. The summed E-state index contributed by atoms with van der Waals surface area (Å²) in [6.45, 7) is 4.23. The predicted octanol–water partition coefficient (Wildman–Crippen LogP) is 2.67. The van der Waals surface area contributed by atoms with Crippen LogP contribution in [0, 0.1) is 12.8 Å². The molecule has 0 amide bonds. The standard InChI is InChI=1S/C24H32N6O3S/c1-3-10-34-24-26-22(25-17-12-16(17)15-7-5-4-6-13(15)2)19-23(27-24)30(29-28-19)18-11-14(8-9-31)20(32)21(18)33/h4-7,14,16-18,20-21,31-33H,3,8-12H2,1-2H3,(H,25,26,27). The van der Waals surface area contributed by atoms with Crippen LogP contribution in [0.5, 0.6) is 0 Å². The van der Waals surface area contributed by atoms with Gasteiger partial charge in [0, 0.05) is 24.3 Å². The van der Waals surface area contributed by atoms with Crippen LogP contribution in [0.1, 0.15) is 55.7 Å². The number of hydrogen-bond acceptors (Lipinski definition) is 9. The van der Waals surface area contributed by atoms with Crippen molar-refractivity contribution >= 4 is 28.7 Å². The highest BCUT2D eigenvalue weighted by Gasteiger charge is 2.44. The fraction of sp³-hybridized carbons (Fsp3) is 0.583. The van der Waals surface area contributed by atoms with Gasteiger partial charge in [0.2, 0.25) is 0 Å². The lowest BCUT2D eigenvalue weighted by molar-refractivity contribution is 0.00107. The van der Waals surface area contributed by atoms with E-state index in [2.05, 4.69) is 53.7 Å². The van der Waals surface area contributed by atoms with Crippen molar-refractivity contribution in [2.45, 2.75) is 74.9 Å². The minimum atomic E-state index is -0.992. The molecule has 34 heavy (non-hydrogen) atoms. The highest BCUT2D eigenvalue weighted by Crippen LogP contribution is 2.45. The number of aromatic nitrogens is 5. The largest absolute Gasteiger partial charge is 0.396 e. The SMILES string of the molecule is CCCSc1nc(NC2CC2c2ccccc2C)c2nnn(C3CC(CCO)C(O)C3O)c2n1. The molecule has 0 spiro atoms. The van der Waals surface area contributed by atoms with Crippen LogP contribution < -0.4 is 5.32 Å². The third-order valence-corrected chi connectivity index (χ3v) is 8.08. The summed E-state index contributed by atoms with van der Waals surface area (Å²) in [5, 5.41) is 43.5. The number of fused-ring (bicyclic) bond motifs is 1. The van der Waals surface area contributed by atoms with Gasteiger partial charge in [-0.05, 0) is 49.7 Å². The quantitative estimate of drug-likeness (QED) is 0.267. The van der Waals surface area contributed by atoms with E-state index < -0.39 is 18.2 Å². The van der Waals surface area contributed by atoms with Crippen molar-refractivity contribution in [1.29, 1.82) is 0 Å². The molecule has 2 saturated carbocycles. The van der Waals surface area contributed by atoms with E-state index in [4.69, 9.17) is 9.97 Å². The number of benzene rings is 1. The van der Waals surface area contributed by atoms with Crippen LogP contribution >= 0.6 is 11.8 Å². The lowest BCUT2D eigenvalue weighted by atomic mass is 10.0. The fourth-order valence-electron chi connectivity index (χ4n) is 5.06. The topological polar surface area (TPSA) is 129 Å². The molecule has 2 aromatic heterocycles. The number of nitrogens with zero attached hydrogens (tertiary/aromatic N) is 5. The fourth-order valence-corrected chi connectivity index (χ4v) is 5.76. The van der Waals surface area contributed by atoms with Gasteiger partial charge in [-0.2, -0.15) is 0 Å². The second kappa shape index (κ2) is 9.77. The van der Waals surface area contributed by atoms with Crippen molar-refractivity contribution in [3.63, 3.8) is 0 Å². The Kier molecular flexibility index (Phi) is 6.74. The molecule has 0 saturated heterocycles. The molecule has 0 radical (unpaired) electrons. The first-order valence-electron chi connectivity index (χ1n) is 12.1. The number of anilines is 1. The van der Waals surface area contributed by atoms with Crippen LogP contribution in [0.2, 0.25) is 0 Å². The Morgan fingerprint density at radius 3 is 2.74 bits per heavy atom. The summed E-state index contributed by atoms with van der Waals surface area (Å²) < 4.78 is 1.63. The lowest BCUT2D eigenvalue weighted by Gasteiger charge is -2.17. The molecule has 4 N–H and O–H groups in total. The van der Waals surface area contributed by atoms with Gasteiger partial charge >= 0.3 is 0 Å². The number of nitrogens with one attached hydrogen (secondary N) is 1. The van der Waals surface area contributed by atoms with Crippen molar-refractivity contribution in [3.8, 4) is 0 Å². The third-order valence-electron chi connectivity index (χ3n) is 7.02. The molecule has 6 unspecified atom stereocenters. The number of aliphatic hydroxyl groups is 3. The van der Waals surface area contributed by atoms with Crippen LogP contribution in [-0.4, -0.2) is 70.9 Å². The molecule has 9 nitrogen and oxygen atoms in total. The Balaban J connectivity index is 1.46. The Labute approximate surface area is 203 Å². The Morgan fingerprint density at radius 1 is 1.15 bits per heavy atom. The second-order valence-electron chi connectivity index (χ2n) is 9.42. The number of aliphatic hydroxyl groups excluding tert-OH is 3. The van der Waals surface area contributed by atoms with Gasteiger partial charge in [0.25, 0.3) is 0 Å². The van der Waals surface area contributed by atoms with Crippen molar-refractivity contribution in [3.05, 3.63) is 35.4 Å². The van der Waals surface area contributed by atoms with Crippen molar-refractivity contribution in [2.24, 2.45) is 5.92 Å². The molecule has 3 aromatic rings. The van der Waals surface area contributed by atoms with E-state index in [1.807, 2.05) is 0 Å². The van der Waals surface area contributed by atoms with E-state index in [1.54, 1.807) is 16.4 Å². The van der Waals surface area contributed by atoms with E-state index in [-0.39, 0.29) is 18.6 Å². The van der Waals surface area contributed by atoms with E-state index in [1.165, 1.54) is 11.1 Å². The molecule has 2 aliphatic rings. The molecule has 10 heteroatoms. The van der Waals surface area contributed by atoms with Crippen molar-refractivity contribution < 1.29 is 15.3 Å². The van der Waals surface area contributed by atoms with Gasteiger partial charge in [-0.25, -0.2) is 14.6 Å². The average Bonchev–Trinajstić information content (AvgIpc) is 3.37. The molecule has 2 aliphatic carbocycles. The smallest absolute Gasteiger partial charge is 0.191 e. The van der Waals surface area contributed by atoms with Gasteiger partial charge in [0.1, 0.15) is 6.10 Å². The molecule has 1 aromatic carbocycles. The maximum atomic E-state index is 10.7. The predicted molar refractivity (Wildman–Crippen MR) is 131 cm³/mol. The van der Waals surface area contributed by atoms with Crippen LogP contribution in [0.4, 0.5) is 5.82 Å². The van der Waals surface area contributed by atoms with E-state index in [9.17, 15) is 15.3 Å². The summed E-state index contributed by atoms with van der Waals surface area (Å²) in [5.41, 5.74) is 3.78. The molecule has 182 valence electrons. The van der Waals surface area contributed by atoms with Crippen molar-refractivity contribution in [2.75, 3.05) is 17.7 Å². The van der Waals surface area contributed by atoms with Crippen LogP contribution in [0.15, 0.2) is 29.4 Å². The zero-order valence-corrected chi connectivity index (χ0v) is 20.3. The van der Waals surface area contributed by atoms with Gasteiger partial charge in [0.05, 0.1) is 12.1 Å². The summed E-state index contributed by atoms with van der Waals surface area (Å²) in [4.78, 5) is 9.50. The first-order valence-corrected chi connectivity index (χ1v) is 13.0. The molecule has 5 rings (SSSR count). The first kappa shape index (κ1) is 23.5. The normalized spacial score (nSPS) is 28.5. The molecular weight excluding hydrogens is 452 g/mol. The minimum absolute atomic E-state index is 0.0310. The molecule has 0 aliphatic heterocycles. The van der Waals surface area contributed by atoms with Crippen LogP contribution in [0.3, 0.4) is 0 Å². The highest BCUT2D eigenvalue weighted by atomic mass is 32.2. The summed E-state index contributed by atoms with van der Waals surface area (Å²) in [6.07, 6.45) is 1.06. The Bertz CT molecular complexity index is 1160. The van der Waals surface area contributed by atoms with E-state index in [0.29, 0.717) is 40.9 Å². The van der Waals surface area contributed by atoms with Gasteiger partial charge < -0.3 is 20.6 Å². The van der Waals surface area contributed by atoms with Crippen molar-refractivity contribution in [1.82, 2.24) is 25.0 Å². The summed E-state index contributed by atoms with van der Waals surface area (Å²) >= 11 is 1.59. The van der Waals surface area contributed by atoms with E-state index >= 15 is 0 Å². The number of rotatable bonds is 9. The maximum Gasteiger partial charge on any atom is 0.191 e. The number of aryl methyl sites for hydroxylation is 1. The lowest BCUT2D eigenvalue weighted by Crippen LogP contribution is -2.30. The molecule has 2 heterocycles. The third kappa shape index (κ3) is 4.39. The van der Waals surface area contributed by atoms with Gasteiger partial charge in [-0.3, -0.25) is 0 Å². The summed E-state index contributed by atoms with van der Waals surface area (Å²) in [6, 6.07) is 8.28. The summed E-state index contributed by atoms with van der Waals surface area (Å²) in [7, 11) is 0. The maximum absolute atomic E-state index is 10.7. The number of hydrogen-bond donors (Lipinski definition) is 4. The summed E-state index contributed by atoms with van der Waals surface area (Å²) in [5.74, 6) is 1.79. The highest BCUT2D eigenvalue weighted by molar-refractivity contribution is 7.99. The molecule has 6 atom stereocenters. The molecule has 0 bridgehead atoms. The zero-order chi connectivity index (χ0) is 23.8. The van der Waals surface area contributed by atoms with Crippen LogP contribution in [-0.2, 0) is 0 Å². The Morgan fingerprint density at radius 2 is 1.97 bits per heavy atom.